The minimum Gasteiger partial charge on any atom is -0.467 e. The van der Waals surface area contributed by atoms with Crippen molar-refractivity contribution in [2.24, 2.45) is 5.92 Å². The predicted octanol–water partition coefficient (Wildman–Crippen LogP) is 2.90. The SMILES string of the molecule is C[C@@H]1CCCN(c2ccc(C(=O)OCC(=O)NCc3ccco3)cc2[N+](=O)[O-])C1. The maximum Gasteiger partial charge on any atom is 0.338 e. The zero-order chi connectivity index (χ0) is 20.8. The van der Waals surface area contributed by atoms with Crippen LogP contribution in [-0.4, -0.2) is 36.5 Å². The Morgan fingerprint density at radius 3 is 2.90 bits per heavy atom. The van der Waals surface area contributed by atoms with Crippen LogP contribution < -0.4 is 10.2 Å². The summed E-state index contributed by atoms with van der Waals surface area (Å²) >= 11 is 0. The summed E-state index contributed by atoms with van der Waals surface area (Å²) in [6.07, 6.45) is 3.55. The Morgan fingerprint density at radius 1 is 1.38 bits per heavy atom. The fraction of sp³-hybridized carbons (Fsp3) is 0.400. The number of nitrogens with zero attached hydrogens (tertiary/aromatic N) is 2. The standard InChI is InChI=1S/C20H23N3O6/c1-14-4-2-8-22(12-14)17-7-6-15(10-18(17)23(26)27)20(25)29-13-19(24)21-11-16-5-3-9-28-16/h3,5-7,9-10,14H,2,4,8,11-13H2,1H3,(H,21,24)/t14-/m1/s1. The van der Waals surface area contributed by atoms with Crippen LogP contribution in [0.2, 0.25) is 0 Å². The second kappa shape index (κ2) is 9.22. The molecule has 0 bridgehead atoms. The molecule has 1 aliphatic heterocycles. The van der Waals surface area contributed by atoms with Gasteiger partial charge >= 0.3 is 5.97 Å². The van der Waals surface area contributed by atoms with Gasteiger partial charge in [-0.1, -0.05) is 6.92 Å². The average molecular weight is 401 g/mol. The molecule has 1 atom stereocenters. The van der Waals surface area contributed by atoms with E-state index in [4.69, 9.17) is 9.15 Å². The minimum atomic E-state index is -0.792. The van der Waals surface area contributed by atoms with Crippen molar-refractivity contribution in [1.29, 1.82) is 0 Å². The van der Waals surface area contributed by atoms with Gasteiger partial charge in [0.25, 0.3) is 11.6 Å². The van der Waals surface area contributed by atoms with Gasteiger partial charge in [0.1, 0.15) is 11.4 Å². The first-order valence-corrected chi connectivity index (χ1v) is 9.43. The van der Waals surface area contributed by atoms with Crippen LogP contribution in [0.15, 0.2) is 41.0 Å². The molecule has 0 saturated carbocycles. The minimum absolute atomic E-state index is 0.0318. The molecule has 0 aliphatic carbocycles. The van der Waals surface area contributed by atoms with Crippen LogP contribution in [0.5, 0.6) is 0 Å². The highest BCUT2D eigenvalue weighted by Gasteiger charge is 2.25. The van der Waals surface area contributed by atoms with Crippen LogP contribution in [0.1, 0.15) is 35.9 Å². The lowest BCUT2D eigenvalue weighted by molar-refractivity contribution is -0.384. The summed E-state index contributed by atoms with van der Waals surface area (Å²) < 4.78 is 10.1. The molecule has 9 nitrogen and oxygen atoms in total. The van der Waals surface area contributed by atoms with E-state index in [2.05, 4.69) is 12.2 Å². The van der Waals surface area contributed by atoms with Crippen molar-refractivity contribution in [2.75, 3.05) is 24.6 Å². The monoisotopic (exact) mass is 401 g/mol. The van der Waals surface area contributed by atoms with Gasteiger partial charge in [0.15, 0.2) is 6.61 Å². The van der Waals surface area contributed by atoms with Crippen molar-refractivity contribution < 1.29 is 23.7 Å². The summed E-state index contributed by atoms with van der Waals surface area (Å²) in [4.78, 5) is 37.1. The van der Waals surface area contributed by atoms with Gasteiger partial charge in [-0.3, -0.25) is 14.9 Å². The number of esters is 1. The molecule has 1 aromatic carbocycles. The van der Waals surface area contributed by atoms with Gasteiger partial charge in [-0.25, -0.2) is 4.79 Å². The Morgan fingerprint density at radius 2 is 2.21 bits per heavy atom. The second-order valence-corrected chi connectivity index (χ2v) is 7.09. The van der Waals surface area contributed by atoms with Gasteiger partial charge in [-0.2, -0.15) is 0 Å². The van der Waals surface area contributed by atoms with Crippen molar-refractivity contribution in [3.8, 4) is 0 Å². The zero-order valence-corrected chi connectivity index (χ0v) is 16.1. The number of piperidine rings is 1. The van der Waals surface area contributed by atoms with Crippen LogP contribution in [0.25, 0.3) is 0 Å². The fourth-order valence-corrected chi connectivity index (χ4v) is 3.34. The smallest absolute Gasteiger partial charge is 0.338 e. The number of nitrogens with one attached hydrogen (secondary N) is 1. The molecule has 29 heavy (non-hydrogen) atoms. The maximum absolute atomic E-state index is 12.2. The highest BCUT2D eigenvalue weighted by molar-refractivity contribution is 5.93. The summed E-state index contributed by atoms with van der Waals surface area (Å²) in [6.45, 7) is 3.28. The first-order chi connectivity index (χ1) is 13.9. The van der Waals surface area contributed by atoms with E-state index in [1.54, 1.807) is 18.2 Å². The maximum atomic E-state index is 12.2. The third-order valence-electron chi connectivity index (χ3n) is 4.78. The van der Waals surface area contributed by atoms with E-state index in [1.807, 2.05) is 4.90 Å². The molecule has 1 fully saturated rings. The molecule has 0 spiro atoms. The molecule has 1 saturated heterocycles. The zero-order valence-electron chi connectivity index (χ0n) is 16.1. The lowest BCUT2D eigenvalue weighted by Crippen LogP contribution is -2.34. The Kier molecular flexibility index (Phi) is 6.48. The first-order valence-electron chi connectivity index (χ1n) is 9.43. The number of hydrogen-bond acceptors (Lipinski definition) is 7. The van der Waals surface area contributed by atoms with Crippen LogP contribution in [0.3, 0.4) is 0 Å². The van der Waals surface area contributed by atoms with E-state index < -0.39 is 23.4 Å². The quantitative estimate of drug-likeness (QED) is 0.431. The molecule has 1 aliphatic rings. The van der Waals surface area contributed by atoms with Gasteiger partial charge in [-0.15, -0.1) is 0 Å². The number of furan rings is 1. The van der Waals surface area contributed by atoms with Crippen LogP contribution in [0, 0.1) is 16.0 Å². The molecular weight excluding hydrogens is 378 g/mol. The van der Waals surface area contributed by atoms with Crippen molar-refractivity contribution in [1.82, 2.24) is 5.32 Å². The average Bonchev–Trinajstić information content (AvgIpc) is 3.23. The number of amides is 1. The van der Waals surface area contributed by atoms with Crippen LogP contribution in [-0.2, 0) is 16.1 Å². The Balaban J connectivity index is 1.62. The normalized spacial score (nSPS) is 16.3. The van der Waals surface area contributed by atoms with E-state index in [1.165, 1.54) is 18.4 Å². The number of hydrogen-bond donors (Lipinski definition) is 1. The van der Waals surface area contributed by atoms with E-state index in [9.17, 15) is 19.7 Å². The highest BCUT2D eigenvalue weighted by Crippen LogP contribution is 2.32. The molecular formula is C20H23N3O6. The van der Waals surface area contributed by atoms with Crippen LogP contribution >= 0.6 is 0 Å². The Labute approximate surface area is 167 Å². The molecule has 1 aromatic heterocycles. The number of carbonyl (C=O) groups is 2. The third-order valence-corrected chi connectivity index (χ3v) is 4.78. The number of rotatable bonds is 7. The highest BCUT2D eigenvalue weighted by atomic mass is 16.6. The van der Waals surface area contributed by atoms with Gasteiger partial charge in [0.2, 0.25) is 0 Å². The molecule has 1 N–H and O–H groups in total. The Bertz CT molecular complexity index is 880. The van der Waals surface area contributed by atoms with Gasteiger partial charge in [0.05, 0.1) is 23.3 Å². The number of carbonyl (C=O) groups excluding carboxylic acids is 2. The first kappa shape index (κ1) is 20.4. The van der Waals surface area contributed by atoms with Crippen LogP contribution in [0.4, 0.5) is 11.4 Å². The van der Waals surface area contributed by atoms with E-state index in [-0.39, 0.29) is 17.8 Å². The molecule has 154 valence electrons. The number of anilines is 1. The fourth-order valence-electron chi connectivity index (χ4n) is 3.34. The van der Waals surface area contributed by atoms with Gasteiger partial charge in [-0.05, 0) is 43.0 Å². The third kappa shape index (κ3) is 5.34. The number of benzene rings is 1. The molecule has 3 rings (SSSR count). The summed E-state index contributed by atoms with van der Waals surface area (Å²) in [5.41, 5.74) is 0.384. The molecule has 2 aromatic rings. The summed E-state index contributed by atoms with van der Waals surface area (Å²) in [5, 5.41) is 14.1. The predicted molar refractivity (Wildman–Crippen MR) is 105 cm³/mol. The van der Waals surface area contributed by atoms with Gasteiger partial charge < -0.3 is 19.4 Å². The van der Waals surface area contributed by atoms with Crippen molar-refractivity contribution >= 4 is 23.3 Å². The molecule has 0 unspecified atom stereocenters. The topological polar surface area (TPSA) is 115 Å². The lowest BCUT2D eigenvalue weighted by atomic mass is 9.99. The second-order valence-electron chi connectivity index (χ2n) is 7.09. The van der Waals surface area contributed by atoms with Gasteiger partial charge in [0, 0.05) is 19.2 Å². The van der Waals surface area contributed by atoms with E-state index in [0.717, 1.165) is 25.9 Å². The Hall–Kier alpha value is -3.36. The summed E-state index contributed by atoms with van der Waals surface area (Å²) in [7, 11) is 0. The van der Waals surface area contributed by atoms with Crippen molar-refractivity contribution in [2.45, 2.75) is 26.3 Å². The molecule has 0 radical (unpaired) electrons. The molecule has 9 heteroatoms. The number of nitro benzene ring substituents is 1. The number of ether oxygens (including phenoxy) is 1. The lowest BCUT2D eigenvalue weighted by Gasteiger charge is -2.32. The molecule has 1 amide bonds. The van der Waals surface area contributed by atoms with Crippen molar-refractivity contribution in [3.05, 3.63) is 58.0 Å². The molecule has 2 heterocycles. The summed E-state index contributed by atoms with van der Waals surface area (Å²) in [5.74, 6) is -0.265. The van der Waals surface area contributed by atoms with E-state index >= 15 is 0 Å². The largest absolute Gasteiger partial charge is 0.467 e. The van der Waals surface area contributed by atoms with E-state index in [0.29, 0.717) is 17.4 Å². The summed E-state index contributed by atoms with van der Waals surface area (Å²) in [6, 6.07) is 7.67. The number of nitro groups is 1. The van der Waals surface area contributed by atoms with Crippen molar-refractivity contribution in [3.63, 3.8) is 0 Å².